The Bertz CT molecular complexity index is 1370. The quantitative estimate of drug-likeness (QED) is 0.273. The van der Waals surface area contributed by atoms with Gasteiger partial charge in [0.25, 0.3) is 11.8 Å². The van der Waals surface area contributed by atoms with Gasteiger partial charge in [-0.3, -0.25) is 9.59 Å². The van der Waals surface area contributed by atoms with Crippen molar-refractivity contribution >= 4 is 27.4 Å². The highest BCUT2D eigenvalue weighted by molar-refractivity contribution is 7.89. The van der Waals surface area contributed by atoms with E-state index in [9.17, 15) is 44.3 Å². The minimum atomic E-state index is -5.09. The van der Waals surface area contributed by atoms with Crippen LogP contribution in [-0.4, -0.2) is 45.4 Å². The lowest BCUT2D eigenvalue weighted by molar-refractivity contribution is -0.201. The molecule has 2 aromatic rings. The van der Waals surface area contributed by atoms with Gasteiger partial charge in [0.1, 0.15) is 11.3 Å². The van der Waals surface area contributed by atoms with Gasteiger partial charge < -0.3 is 10.1 Å². The monoisotopic (exact) mass is 578 g/mol. The van der Waals surface area contributed by atoms with Crippen molar-refractivity contribution in [2.45, 2.75) is 44.1 Å². The molecule has 1 aliphatic rings. The smallest absolute Gasteiger partial charge is 0.416 e. The topological polar surface area (TPSA) is 102 Å². The summed E-state index contributed by atoms with van der Waals surface area (Å²) in [5.41, 5.74) is -3.72. The van der Waals surface area contributed by atoms with Gasteiger partial charge in [-0.1, -0.05) is 42.0 Å². The lowest BCUT2D eigenvalue weighted by Crippen LogP contribution is -2.59. The van der Waals surface area contributed by atoms with E-state index in [0.717, 1.165) is 29.8 Å². The molecular formula is C25H24F6N2O5S. The van der Waals surface area contributed by atoms with E-state index in [4.69, 9.17) is 4.74 Å². The number of hydrogen-bond acceptors (Lipinski definition) is 5. The highest BCUT2D eigenvalue weighted by atomic mass is 32.2. The summed E-state index contributed by atoms with van der Waals surface area (Å²) in [6.45, 7) is 1.40. The molecule has 212 valence electrons. The van der Waals surface area contributed by atoms with Crippen molar-refractivity contribution in [2.24, 2.45) is 0 Å². The lowest BCUT2D eigenvalue weighted by atomic mass is 9.76. The number of rotatable bonds is 8. The molecule has 1 heterocycles. The van der Waals surface area contributed by atoms with Crippen molar-refractivity contribution in [2.75, 3.05) is 12.9 Å². The van der Waals surface area contributed by atoms with E-state index in [2.05, 4.69) is 0 Å². The van der Waals surface area contributed by atoms with E-state index in [1.807, 2.05) is 5.32 Å². The molecule has 3 rings (SSSR count). The van der Waals surface area contributed by atoms with Crippen LogP contribution in [0.5, 0.6) is 5.75 Å². The van der Waals surface area contributed by atoms with Crippen molar-refractivity contribution in [1.29, 1.82) is 0 Å². The number of ether oxygens (including phenoxy) is 1. The van der Waals surface area contributed by atoms with Crippen LogP contribution in [0.3, 0.4) is 0 Å². The largest absolute Gasteiger partial charge is 0.494 e. The second kappa shape index (κ2) is 10.9. The van der Waals surface area contributed by atoms with Gasteiger partial charge in [0.2, 0.25) is 10.0 Å². The van der Waals surface area contributed by atoms with Crippen LogP contribution in [0.1, 0.15) is 36.0 Å². The van der Waals surface area contributed by atoms with Crippen LogP contribution in [0.15, 0.2) is 54.1 Å². The van der Waals surface area contributed by atoms with E-state index in [1.165, 1.54) is 12.1 Å². The minimum Gasteiger partial charge on any atom is -0.494 e. The van der Waals surface area contributed by atoms with Crippen LogP contribution >= 0.6 is 0 Å². The SMILES string of the molecule is Cc1ccc(C2=C(C(=O)NS(C)(=O)=O)C(=O)N[C@@](c3ccc(OCCCC(F)(F)F)cc3)(C(F)(F)F)C2)cc1. The summed E-state index contributed by atoms with van der Waals surface area (Å²) >= 11 is 0. The molecule has 0 fully saturated rings. The molecular weight excluding hydrogens is 554 g/mol. The van der Waals surface area contributed by atoms with Crippen LogP contribution in [-0.2, 0) is 25.2 Å². The highest BCUT2D eigenvalue weighted by Gasteiger charge is 2.60. The molecule has 0 radical (unpaired) electrons. The Morgan fingerprint density at radius 2 is 1.62 bits per heavy atom. The van der Waals surface area contributed by atoms with Crippen LogP contribution < -0.4 is 14.8 Å². The Kier molecular flexibility index (Phi) is 8.39. The first-order valence-corrected chi connectivity index (χ1v) is 13.3. The molecule has 1 atom stereocenters. The maximum atomic E-state index is 14.7. The van der Waals surface area contributed by atoms with Crippen LogP contribution in [0.2, 0.25) is 0 Å². The molecule has 2 N–H and O–H groups in total. The molecule has 0 aromatic heterocycles. The van der Waals surface area contributed by atoms with Gasteiger partial charge in [-0.2, -0.15) is 26.3 Å². The van der Waals surface area contributed by atoms with Crippen molar-refractivity contribution < 1.29 is 49.1 Å². The van der Waals surface area contributed by atoms with E-state index in [0.29, 0.717) is 6.26 Å². The van der Waals surface area contributed by atoms with E-state index >= 15 is 0 Å². The molecule has 39 heavy (non-hydrogen) atoms. The number of nitrogens with one attached hydrogen (secondary N) is 2. The predicted octanol–water partition coefficient (Wildman–Crippen LogP) is 4.52. The third-order valence-corrected chi connectivity index (χ3v) is 6.46. The Morgan fingerprint density at radius 3 is 2.13 bits per heavy atom. The summed E-state index contributed by atoms with van der Waals surface area (Å²) in [7, 11) is -4.15. The molecule has 0 bridgehead atoms. The van der Waals surface area contributed by atoms with Crippen molar-refractivity contribution in [3.63, 3.8) is 0 Å². The molecule has 2 aromatic carbocycles. The van der Waals surface area contributed by atoms with Gasteiger partial charge in [0, 0.05) is 12.8 Å². The number of amides is 2. The van der Waals surface area contributed by atoms with E-state index in [-0.39, 0.29) is 29.9 Å². The lowest BCUT2D eigenvalue weighted by Gasteiger charge is -2.41. The van der Waals surface area contributed by atoms with Gasteiger partial charge in [0.05, 0.1) is 12.9 Å². The van der Waals surface area contributed by atoms with Crippen LogP contribution in [0, 0.1) is 6.92 Å². The van der Waals surface area contributed by atoms with Gasteiger partial charge in [-0.05, 0) is 42.2 Å². The average molecular weight is 579 g/mol. The number of carbonyl (C=O) groups excluding carboxylic acids is 2. The second-order valence-corrected chi connectivity index (χ2v) is 10.8. The second-order valence-electron chi connectivity index (χ2n) is 9.05. The number of benzene rings is 2. The molecule has 0 spiro atoms. The van der Waals surface area contributed by atoms with Crippen LogP contribution in [0.4, 0.5) is 26.3 Å². The van der Waals surface area contributed by atoms with Crippen molar-refractivity contribution in [3.05, 3.63) is 70.8 Å². The van der Waals surface area contributed by atoms with Gasteiger partial charge in [-0.15, -0.1) is 0 Å². The Labute approximate surface area is 220 Å². The molecule has 0 aliphatic carbocycles. The summed E-state index contributed by atoms with van der Waals surface area (Å²) in [6.07, 6.45) is -11.2. The van der Waals surface area contributed by atoms with Crippen molar-refractivity contribution in [1.82, 2.24) is 10.0 Å². The molecule has 7 nitrogen and oxygen atoms in total. The summed E-state index contributed by atoms with van der Waals surface area (Å²) in [5.74, 6) is -2.81. The van der Waals surface area contributed by atoms with Gasteiger partial charge in [-0.25, -0.2) is 13.1 Å². The Hall–Kier alpha value is -3.55. The number of halogens is 6. The fourth-order valence-electron chi connectivity index (χ4n) is 4.06. The van der Waals surface area contributed by atoms with E-state index in [1.54, 1.807) is 23.8 Å². The maximum absolute atomic E-state index is 14.7. The predicted molar refractivity (Wildman–Crippen MR) is 129 cm³/mol. The number of hydrogen-bond donors (Lipinski definition) is 2. The number of aryl methyl sites for hydroxylation is 1. The zero-order chi connectivity index (χ0) is 29.2. The zero-order valence-electron chi connectivity index (χ0n) is 20.7. The molecule has 0 saturated carbocycles. The summed E-state index contributed by atoms with van der Waals surface area (Å²) in [6, 6.07) is 10.2. The summed E-state index contributed by atoms with van der Waals surface area (Å²) in [4.78, 5) is 25.8. The number of alkyl halides is 6. The normalized spacial score (nSPS) is 18.5. The first-order chi connectivity index (χ1) is 17.9. The maximum Gasteiger partial charge on any atom is 0.416 e. The van der Waals surface area contributed by atoms with Gasteiger partial charge >= 0.3 is 12.4 Å². The molecule has 1 aliphatic heterocycles. The third-order valence-electron chi connectivity index (χ3n) is 5.91. The Balaban J connectivity index is 2.04. The van der Waals surface area contributed by atoms with E-state index < -0.39 is 63.7 Å². The van der Waals surface area contributed by atoms with Gasteiger partial charge in [0.15, 0.2) is 5.54 Å². The van der Waals surface area contributed by atoms with Crippen LogP contribution in [0.25, 0.3) is 5.57 Å². The number of carbonyl (C=O) groups is 2. The Morgan fingerprint density at radius 1 is 1.03 bits per heavy atom. The third kappa shape index (κ3) is 7.31. The summed E-state index contributed by atoms with van der Waals surface area (Å²) < 4.78 is 111. The molecule has 14 heteroatoms. The minimum absolute atomic E-state index is 0.0166. The first-order valence-electron chi connectivity index (χ1n) is 11.4. The number of sulfonamides is 1. The fourth-order valence-corrected chi connectivity index (χ4v) is 4.50. The zero-order valence-corrected chi connectivity index (χ0v) is 21.5. The molecule has 0 unspecified atom stereocenters. The first kappa shape index (κ1) is 30.0. The average Bonchev–Trinajstić information content (AvgIpc) is 2.79. The molecule has 0 saturated heterocycles. The fraction of sp³-hybridized carbons (Fsp3) is 0.360. The standard InChI is InChI=1S/C25H24F6N2O5S/c1-15-4-6-16(7-5-15)19-14-23(25(29,30)31,32-21(34)20(19)22(35)33-39(2,36)37)17-8-10-18(11-9-17)38-13-3-12-24(26,27)28/h4-11H,3,12-14H2,1-2H3,(H,32,34)(H,33,35)/t23-/m0/s1. The highest BCUT2D eigenvalue weighted by Crippen LogP contribution is 2.48. The van der Waals surface area contributed by atoms with Crippen molar-refractivity contribution in [3.8, 4) is 5.75 Å². The summed E-state index contributed by atoms with van der Waals surface area (Å²) in [5, 5.41) is 1.86. The molecule has 2 amide bonds.